The number of hydrogen-bond acceptors (Lipinski definition) is 3. The lowest BCUT2D eigenvalue weighted by molar-refractivity contribution is 0.391. The highest BCUT2D eigenvalue weighted by Gasteiger charge is 2.14. The largest absolute Gasteiger partial charge is 0.361 e. The van der Waals surface area contributed by atoms with Gasteiger partial charge < -0.3 is 4.52 Å². The molecule has 0 aliphatic heterocycles. The summed E-state index contributed by atoms with van der Waals surface area (Å²) in [6.07, 6.45) is 0. The van der Waals surface area contributed by atoms with E-state index in [2.05, 4.69) is 29.2 Å². The third-order valence-corrected chi connectivity index (χ3v) is 3.02. The van der Waals surface area contributed by atoms with Crippen LogP contribution >= 0.6 is 0 Å². The van der Waals surface area contributed by atoms with Crippen LogP contribution in [0.3, 0.4) is 0 Å². The first-order valence-electron chi connectivity index (χ1n) is 6.38. The first-order chi connectivity index (χ1) is 9.18. The van der Waals surface area contributed by atoms with Crippen LogP contribution in [0.5, 0.6) is 0 Å². The fraction of sp³-hybridized carbons (Fsp3) is 0.312. The van der Waals surface area contributed by atoms with E-state index in [0.717, 1.165) is 22.6 Å². The summed E-state index contributed by atoms with van der Waals surface area (Å²) in [5.41, 5.74) is 3.10. The lowest BCUT2D eigenvalue weighted by atomic mass is 10.1. The standard InChI is InChI=1S/C16H18N2O/c1-12(16-13(2)18-19-14(16)3)17-11-7-10-15-8-5-4-6-9-15/h4-6,8-9,12,17H,11H2,1-3H3. The van der Waals surface area contributed by atoms with E-state index in [1.54, 1.807) is 0 Å². The smallest absolute Gasteiger partial charge is 0.138 e. The number of hydrogen-bond donors (Lipinski definition) is 1. The van der Waals surface area contributed by atoms with Gasteiger partial charge in [0.2, 0.25) is 0 Å². The molecular formula is C16H18N2O. The zero-order chi connectivity index (χ0) is 13.7. The molecule has 3 heteroatoms. The molecule has 3 nitrogen and oxygen atoms in total. The Morgan fingerprint density at radius 1 is 1.26 bits per heavy atom. The van der Waals surface area contributed by atoms with Crippen molar-refractivity contribution >= 4 is 0 Å². The molecule has 2 aromatic rings. The maximum absolute atomic E-state index is 5.17. The molecule has 0 saturated carbocycles. The Morgan fingerprint density at radius 2 is 2.00 bits per heavy atom. The maximum atomic E-state index is 5.17. The van der Waals surface area contributed by atoms with Crippen LogP contribution in [0.15, 0.2) is 34.9 Å². The monoisotopic (exact) mass is 254 g/mol. The number of rotatable bonds is 3. The van der Waals surface area contributed by atoms with Crippen LogP contribution in [0.1, 0.15) is 35.5 Å². The van der Waals surface area contributed by atoms with Crippen LogP contribution < -0.4 is 5.32 Å². The van der Waals surface area contributed by atoms with Crippen molar-refractivity contribution < 1.29 is 4.52 Å². The molecule has 98 valence electrons. The second kappa shape index (κ2) is 6.21. The number of aryl methyl sites for hydroxylation is 2. The van der Waals surface area contributed by atoms with E-state index >= 15 is 0 Å². The van der Waals surface area contributed by atoms with Gasteiger partial charge in [-0.25, -0.2) is 0 Å². The Hall–Kier alpha value is -2.05. The minimum absolute atomic E-state index is 0.191. The van der Waals surface area contributed by atoms with Crippen LogP contribution in [-0.4, -0.2) is 11.7 Å². The number of aromatic nitrogens is 1. The third-order valence-electron chi connectivity index (χ3n) is 3.02. The molecule has 0 fully saturated rings. The molecule has 1 N–H and O–H groups in total. The van der Waals surface area contributed by atoms with E-state index in [1.807, 2.05) is 44.2 Å². The molecule has 0 bridgehead atoms. The van der Waals surface area contributed by atoms with Gasteiger partial charge in [-0.15, -0.1) is 0 Å². The van der Waals surface area contributed by atoms with E-state index in [1.165, 1.54) is 0 Å². The highest BCUT2D eigenvalue weighted by molar-refractivity contribution is 5.34. The van der Waals surface area contributed by atoms with E-state index in [0.29, 0.717) is 6.54 Å². The average Bonchev–Trinajstić information content (AvgIpc) is 2.75. The van der Waals surface area contributed by atoms with Crippen molar-refractivity contribution in [2.24, 2.45) is 0 Å². The van der Waals surface area contributed by atoms with Crippen molar-refractivity contribution in [1.29, 1.82) is 0 Å². The summed E-state index contributed by atoms with van der Waals surface area (Å²) in [5, 5.41) is 7.33. The Morgan fingerprint density at radius 3 is 2.63 bits per heavy atom. The summed E-state index contributed by atoms with van der Waals surface area (Å²) in [6, 6.07) is 10.2. The van der Waals surface area contributed by atoms with Crippen molar-refractivity contribution in [3.63, 3.8) is 0 Å². The number of nitrogens with zero attached hydrogens (tertiary/aromatic N) is 1. The van der Waals surface area contributed by atoms with Gasteiger partial charge in [0.1, 0.15) is 5.76 Å². The first kappa shape index (κ1) is 13.4. The molecule has 1 unspecified atom stereocenters. The number of nitrogens with one attached hydrogen (secondary N) is 1. The van der Waals surface area contributed by atoms with Crippen molar-refractivity contribution in [3.8, 4) is 11.8 Å². The highest BCUT2D eigenvalue weighted by Crippen LogP contribution is 2.20. The number of benzene rings is 1. The summed E-state index contributed by atoms with van der Waals surface area (Å²) in [5.74, 6) is 7.11. The first-order valence-corrected chi connectivity index (χ1v) is 6.38. The Kier molecular flexibility index (Phi) is 4.38. The molecule has 1 heterocycles. The zero-order valence-electron chi connectivity index (χ0n) is 11.5. The van der Waals surface area contributed by atoms with Gasteiger partial charge in [-0.2, -0.15) is 0 Å². The van der Waals surface area contributed by atoms with Gasteiger partial charge in [0.05, 0.1) is 12.2 Å². The zero-order valence-corrected chi connectivity index (χ0v) is 11.5. The summed E-state index contributed by atoms with van der Waals surface area (Å²) in [6.45, 7) is 6.62. The summed E-state index contributed by atoms with van der Waals surface area (Å²) in [4.78, 5) is 0. The van der Waals surface area contributed by atoms with Crippen LogP contribution in [0.4, 0.5) is 0 Å². The maximum Gasteiger partial charge on any atom is 0.138 e. The van der Waals surface area contributed by atoms with Crippen molar-refractivity contribution in [3.05, 3.63) is 52.9 Å². The highest BCUT2D eigenvalue weighted by atomic mass is 16.5. The molecule has 0 spiro atoms. The van der Waals surface area contributed by atoms with Gasteiger partial charge in [-0.05, 0) is 32.9 Å². The van der Waals surface area contributed by atoms with E-state index in [-0.39, 0.29) is 6.04 Å². The second-order valence-corrected chi connectivity index (χ2v) is 4.51. The fourth-order valence-electron chi connectivity index (χ4n) is 2.08. The van der Waals surface area contributed by atoms with Crippen molar-refractivity contribution in [1.82, 2.24) is 10.5 Å². The predicted octanol–water partition coefficient (Wildman–Crippen LogP) is 2.99. The predicted molar refractivity (Wildman–Crippen MR) is 75.7 cm³/mol. The summed E-state index contributed by atoms with van der Waals surface area (Å²) >= 11 is 0. The normalized spacial score (nSPS) is 11.7. The molecule has 0 aliphatic rings. The van der Waals surface area contributed by atoms with E-state index < -0.39 is 0 Å². The van der Waals surface area contributed by atoms with Gasteiger partial charge in [-0.3, -0.25) is 5.32 Å². The molecule has 0 radical (unpaired) electrons. The molecular weight excluding hydrogens is 236 g/mol. The summed E-state index contributed by atoms with van der Waals surface area (Å²) < 4.78 is 5.17. The van der Waals surface area contributed by atoms with Crippen LogP contribution in [-0.2, 0) is 0 Å². The second-order valence-electron chi connectivity index (χ2n) is 4.51. The topological polar surface area (TPSA) is 38.1 Å². The minimum Gasteiger partial charge on any atom is -0.361 e. The molecule has 0 aliphatic carbocycles. The third kappa shape index (κ3) is 3.46. The lowest BCUT2D eigenvalue weighted by Crippen LogP contribution is -2.19. The van der Waals surface area contributed by atoms with Gasteiger partial charge in [-0.1, -0.05) is 35.2 Å². The summed E-state index contributed by atoms with van der Waals surface area (Å²) in [7, 11) is 0. The molecule has 1 aromatic heterocycles. The SMILES string of the molecule is Cc1noc(C)c1C(C)NCC#Cc1ccccc1. The molecule has 19 heavy (non-hydrogen) atoms. The van der Waals surface area contributed by atoms with Crippen LogP contribution in [0.2, 0.25) is 0 Å². The quantitative estimate of drug-likeness (QED) is 0.856. The van der Waals surface area contributed by atoms with Crippen molar-refractivity contribution in [2.75, 3.05) is 6.54 Å². The van der Waals surface area contributed by atoms with E-state index in [9.17, 15) is 0 Å². The van der Waals surface area contributed by atoms with Crippen molar-refractivity contribution in [2.45, 2.75) is 26.8 Å². The fourth-order valence-corrected chi connectivity index (χ4v) is 2.08. The molecule has 2 rings (SSSR count). The van der Waals surface area contributed by atoms with Gasteiger partial charge in [0.25, 0.3) is 0 Å². The molecule has 1 aromatic carbocycles. The Bertz CT molecular complexity index is 571. The lowest BCUT2D eigenvalue weighted by Gasteiger charge is -2.10. The Balaban J connectivity index is 1.92. The average molecular weight is 254 g/mol. The Labute approximate surface area is 114 Å². The molecule has 0 saturated heterocycles. The molecule has 1 atom stereocenters. The van der Waals surface area contributed by atoms with Crippen LogP contribution in [0.25, 0.3) is 0 Å². The van der Waals surface area contributed by atoms with Gasteiger partial charge >= 0.3 is 0 Å². The minimum atomic E-state index is 0.191. The van der Waals surface area contributed by atoms with Gasteiger partial charge in [0, 0.05) is 17.2 Å². The van der Waals surface area contributed by atoms with Crippen LogP contribution in [0, 0.1) is 25.7 Å². The van der Waals surface area contributed by atoms with Gasteiger partial charge in [0.15, 0.2) is 0 Å². The van der Waals surface area contributed by atoms with E-state index in [4.69, 9.17) is 4.52 Å². The molecule has 0 amide bonds.